The van der Waals surface area contributed by atoms with E-state index in [9.17, 15) is 18.4 Å². The predicted octanol–water partition coefficient (Wildman–Crippen LogP) is 1.34. The van der Waals surface area contributed by atoms with Gasteiger partial charge in [0.2, 0.25) is 5.91 Å². The van der Waals surface area contributed by atoms with Gasteiger partial charge in [-0.3, -0.25) is 4.79 Å². The molecule has 0 bridgehead atoms. The van der Waals surface area contributed by atoms with E-state index in [-0.39, 0.29) is 18.1 Å². The summed E-state index contributed by atoms with van der Waals surface area (Å²) in [4.78, 5) is 22.3. The van der Waals surface area contributed by atoms with E-state index in [2.05, 4.69) is 10.1 Å². The zero-order valence-corrected chi connectivity index (χ0v) is 9.68. The largest absolute Gasteiger partial charge is 0.480 e. The third-order valence-electron chi connectivity index (χ3n) is 2.92. The summed E-state index contributed by atoms with van der Waals surface area (Å²) >= 11 is 0. The number of hydrogen-bond donors (Lipinski definition) is 2. The first-order valence-corrected chi connectivity index (χ1v) is 5.54. The molecule has 1 aromatic rings. The summed E-state index contributed by atoms with van der Waals surface area (Å²) in [5.74, 6) is -1.98. The topological polar surface area (TPSA) is 75.6 Å². The molecule has 1 aliphatic rings. The minimum atomic E-state index is -2.91. The molecule has 0 aliphatic carbocycles. The van der Waals surface area contributed by atoms with Crippen LogP contribution in [0, 0.1) is 0 Å². The fourth-order valence-electron chi connectivity index (χ4n) is 2.09. The van der Waals surface area contributed by atoms with Crippen molar-refractivity contribution in [2.75, 3.05) is 0 Å². The molecule has 2 rings (SSSR count). The second-order valence-corrected chi connectivity index (χ2v) is 4.14. The molecule has 1 heterocycles. The Kier molecular flexibility index (Phi) is 3.64. The SMILES string of the molecule is O=C1CC(c2ccc(OC(F)F)cc2)C(C(=O)O)N1. The van der Waals surface area contributed by atoms with E-state index in [1.807, 2.05) is 0 Å². The number of carbonyl (C=O) groups excluding carboxylic acids is 1. The van der Waals surface area contributed by atoms with Gasteiger partial charge in [-0.1, -0.05) is 12.1 Å². The average Bonchev–Trinajstić information content (AvgIpc) is 2.72. The van der Waals surface area contributed by atoms with Crippen LogP contribution in [0.1, 0.15) is 17.9 Å². The number of rotatable bonds is 4. The van der Waals surface area contributed by atoms with E-state index in [0.29, 0.717) is 5.56 Å². The Morgan fingerprint density at radius 3 is 2.53 bits per heavy atom. The second kappa shape index (κ2) is 5.21. The molecule has 1 saturated heterocycles. The van der Waals surface area contributed by atoms with Crippen LogP contribution in [0.4, 0.5) is 8.78 Å². The van der Waals surface area contributed by atoms with Crippen molar-refractivity contribution in [1.29, 1.82) is 0 Å². The third-order valence-corrected chi connectivity index (χ3v) is 2.92. The lowest BCUT2D eigenvalue weighted by molar-refractivity contribution is -0.140. The fraction of sp³-hybridized carbons (Fsp3) is 0.333. The molecule has 2 N–H and O–H groups in total. The first kappa shape index (κ1) is 13.3. The van der Waals surface area contributed by atoms with Crippen molar-refractivity contribution < 1.29 is 28.2 Å². The summed E-state index contributed by atoms with van der Waals surface area (Å²) in [5, 5.41) is 11.4. The fourth-order valence-corrected chi connectivity index (χ4v) is 2.09. The summed E-state index contributed by atoms with van der Waals surface area (Å²) < 4.78 is 28.2. The van der Waals surface area contributed by atoms with Crippen molar-refractivity contribution in [2.24, 2.45) is 0 Å². The molecule has 1 aliphatic heterocycles. The number of carbonyl (C=O) groups is 2. The smallest absolute Gasteiger partial charge is 0.387 e. The van der Waals surface area contributed by atoms with Crippen LogP contribution < -0.4 is 10.1 Å². The van der Waals surface area contributed by atoms with E-state index < -0.39 is 24.5 Å². The van der Waals surface area contributed by atoms with Crippen molar-refractivity contribution in [1.82, 2.24) is 5.32 Å². The number of halogens is 2. The van der Waals surface area contributed by atoms with Gasteiger partial charge in [-0.15, -0.1) is 0 Å². The van der Waals surface area contributed by atoms with Crippen LogP contribution in [0.5, 0.6) is 5.75 Å². The first-order chi connectivity index (χ1) is 8.97. The Labute approximate surface area is 107 Å². The van der Waals surface area contributed by atoms with Gasteiger partial charge in [-0.25, -0.2) is 4.79 Å². The predicted molar refractivity (Wildman–Crippen MR) is 60.0 cm³/mol. The maximum absolute atomic E-state index is 12.0. The zero-order valence-electron chi connectivity index (χ0n) is 9.68. The van der Waals surface area contributed by atoms with Gasteiger partial charge in [-0.2, -0.15) is 8.78 Å². The van der Waals surface area contributed by atoms with Crippen molar-refractivity contribution in [3.63, 3.8) is 0 Å². The molecule has 2 unspecified atom stereocenters. The van der Waals surface area contributed by atoms with E-state index in [1.54, 1.807) is 0 Å². The van der Waals surface area contributed by atoms with Crippen molar-refractivity contribution >= 4 is 11.9 Å². The Morgan fingerprint density at radius 1 is 1.37 bits per heavy atom. The summed E-state index contributed by atoms with van der Waals surface area (Å²) in [5.41, 5.74) is 0.590. The summed E-state index contributed by atoms with van der Waals surface area (Å²) in [6.07, 6.45) is 0.0615. The summed E-state index contributed by atoms with van der Waals surface area (Å²) in [6.45, 7) is -2.91. The van der Waals surface area contributed by atoms with E-state index in [1.165, 1.54) is 24.3 Å². The van der Waals surface area contributed by atoms with Gasteiger partial charge >= 0.3 is 12.6 Å². The maximum atomic E-state index is 12.0. The second-order valence-electron chi connectivity index (χ2n) is 4.14. The molecular formula is C12H11F2NO4. The molecule has 19 heavy (non-hydrogen) atoms. The van der Waals surface area contributed by atoms with Crippen molar-refractivity contribution in [3.8, 4) is 5.75 Å². The molecule has 1 fully saturated rings. The lowest BCUT2D eigenvalue weighted by Gasteiger charge is -2.15. The average molecular weight is 271 g/mol. The molecule has 5 nitrogen and oxygen atoms in total. The lowest BCUT2D eigenvalue weighted by atomic mass is 9.92. The number of nitrogens with one attached hydrogen (secondary N) is 1. The van der Waals surface area contributed by atoms with Crippen LogP contribution in [0.2, 0.25) is 0 Å². The van der Waals surface area contributed by atoms with Gasteiger partial charge in [0, 0.05) is 12.3 Å². The number of benzene rings is 1. The third kappa shape index (κ3) is 2.98. The number of aliphatic carboxylic acids is 1. The highest BCUT2D eigenvalue weighted by Crippen LogP contribution is 2.30. The molecule has 1 aromatic carbocycles. The number of alkyl halides is 2. The van der Waals surface area contributed by atoms with Crippen LogP contribution in [-0.2, 0) is 9.59 Å². The summed E-state index contributed by atoms with van der Waals surface area (Å²) in [7, 11) is 0. The van der Waals surface area contributed by atoms with Crippen LogP contribution in [0.25, 0.3) is 0 Å². The molecule has 102 valence electrons. The van der Waals surface area contributed by atoms with Gasteiger partial charge in [0.05, 0.1) is 0 Å². The number of amides is 1. The standard InChI is InChI=1S/C12H11F2NO4/c13-12(14)19-7-3-1-6(2-4-7)8-5-9(16)15-10(8)11(17)18/h1-4,8,10,12H,5H2,(H,15,16)(H,17,18). The summed E-state index contributed by atoms with van der Waals surface area (Å²) in [6, 6.07) is 4.62. The van der Waals surface area contributed by atoms with Crippen LogP contribution in [-0.4, -0.2) is 29.6 Å². The first-order valence-electron chi connectivity index (χ1n) is 5.54. The number of carboxylic acid groups (broad SMARTS) is 1. The van der Waals surface area contributed by atoms with Crippen LogP contribution in [0.3, 0.4) is 0 Å². The number of ether oxygens (including phenoxy) is 1. The van der Waals surface area contributed by atoms with Crippen LogP contribution in [0.15, 0.2) is 24.3 Å². The molecule has 0 spiro atoms. The Bertz CT molecular complexity index is 489. The highest BCUT2D eigenvalue weighted by Gasteiger charge is 2.38. The minimum absolute atomic E-state index is 0.0112. The van der Waals surface area contributed by atoms with Gasteiger partial charge in [0.1, 0.15) is 11.8 Å². The van der Waals surface area contributed by atoms with Crippen molar-refractivity contribution in [2.45, 2.75) is 25.0 Å². The minimum Gasteiger partial charge on any atom is -0.480 e. The van der Waals surface area contributed by atoms with Gasteiger partial charge in [0.15, 0.2) is 0 Å². The molecule has 7 heteroatoms. The molecule has 0 aromatic heterocycles. The van der Waals surface area contributed by atoms with Gasteiger partial charge < -0.3 is 15.2 Å². The van der Waals surface area contributed by atoms with E-state index in [4.69, 9.17) is 5.11 Å². The number of hydrogen-bond acceptors (Lipinski definition) is 3. The number of carboxylic acids is 1. The molecule has 0 radical (unpaired) electrons. The molecule has 0 saturated carbocycles. The maximum Gasteiger partial charge on any atom is 0.387 e. The molecule has 2 atom stereocenters. The Hall–Kier alpha value is -2.18. The van der Waals surface area contributed by atoms with Crippen LogP contribution >= 0.6 is 0 Å². The zero-order chi connectivity index (χ0) is 14.0. The normalized spacial score (nSPS) is 22.4. The van der Waals surface area contributed by atoms with E-state index >= 15 is 0 Å². The highest BCUT2D eigenvalue weighted by atomic mass is 19.3. The van der Waals surface area contributed by atoms with Gasteiger partial charge in [-0.05, 0) is 17.7 Å². The lowest BCUT2D eigenvalue weighted by Crippen LogP contribution is -2.36. The molecule has 1 amide bonds. The monoisotopic (exact) mass is 271 g/mol. The quantitative estimate of drug-likeness (QED) is 0.866. The molecular weight excluding hydrogens is 260 g/mol. The van der Waals surface area contributed by atoms with Crippen molar-refractivity contribution in [3.05, 3.63) is 29.8 Å². The Morgan fingerprint density at radius 2 is 2.00 bits per heavy atom. The Balaban J connectivity index is 2.17. The highest BCUT2D eigenvalue weighted by molar-refractivity contribution is 5.89. The van der Waals surface area contributed by atoms with E-state index in [0.717, 1.165) is 0 Å². The van der Waals surface area contributed by atoms with Gasteiger partial charge in [0.25, 0.3) is 0 Å².